The zero-order valence-electron chi connectivity index (χ0n) is 22.2. The normalized spacial score (nSPS) is 12.7. The zero-order chi connectivity index (χ0) is 26.6. The van der Waals surface area contributed by atoms with E-state index in [1.807, 2.05) is 84.9 Å². The van der Waals surface area contributed by atoms with E-state index < -0.39 is 34.1 Å². The second kappa shape index (κ2) is 11.2. The molecular formula is C27H39N3O4S. The van der Waals surface area contributed by atoms with Crippen LogP contribution in [0, 0.1) is 20.8 Å². The van der Waals surface area contributed by atoms with Gasteiger partial charge in [0, 0.05) is 12.1 Å². The van der Waals surface area contributed by atoms with E-state index >= 15 is 0 Å². The molecule has 0 saturated heterocycles. The van der Waals surface area contributed by atoms with Crippen molar-refractivity contribution in [2.75, 3.05) is 17.1 Å². The van der Waals surface area contributed by atoms with Gasteiger partial charge in [-0.2, -0.15) is 0 Å². The lowest BCUT2D eigenvalue weighted by atomic mass is 10.0. The predicted molar refractivity (Wildman–Crippen MR) is 142 cm³/mol. The largest absolute Gasteiger partial charge is 0.350 e. The summed E-state index contributed by atoms with van der Waals surface area (Å²) in [5, 5.41) is 2.97. The average molecular weight is 502 g/mol. The summed E-state index contributed by atoms with van der Waals surface area (Å²) in [6.07, 6.45) is 1.49. The minimum absolute atomic E-state index is 0.200. The monoisotopic (exact) mass is 501 g/mol. The number of aryl methyl sites for hydroxylation is 3. The van der Waals surface area contributed by atoms with Crippen LogP contribution >= 0.6 is 0 Å². The summed E-state index contributed by atoms with van der Waals surface area (Å²) in [5.41, 5.74) is 3.52. The molecule has 2 amide bonds. The zero-order valence-corrected chi connectivity index (χ0v) is 23.0. The number of carbonyl (C=O) groups excluding carboxylic acids is 2. The second-order valence-electron chi connectivity index (χ2n) is 10.2. The molecule has 0 radical (unpaired) electrons. The smallest absolute Gasteiger partial charge is 0.244 e. The van der Waals surface area contributed by atoms with E-state index in [1.54, 1.807) is 6.07 Å². The molecule has 1 unspecified atom stereocenters. The fourth-order valence-corrected chi connectivity index (χ4v) is 4.83. The molecule has 192 valence electrons. The molecule has 2 rings (SSSR count). The molecule has 2 aromatic carbocycles. The minimum Gasteiger partial charge on any atom is -0.350 e. The van der Waals surface area contributed by atoms with Crippen molar-refractivity contribution in [3.8, 4) is 0 Å². The van der Waals surface area contributed by atoms with Gasteiger partial charge in [0.25, 0.3) is 0 Å². The maximum Gasteiger partial charge on any atom is 0.244 e. The van der Waals surface area contributed by atoms with E-state index in [0.29, 0.717) is 12.1 Å². The van der Waals surface area contributed by atoms with Crippen LogP contribution in [0.5, 0.6) is 0 Å². The van der Waals surface area contributed by atoms with Crippen LogP contribution in [0.2, 0.25) is 0 Å². The maximum atomic E-state index is 13.8. The molecule has 0 fully saturated rings. The Bertz CT molecular complexity index is 1170. The highest BCUT2D eigenvalue weighted by atomic mass is 32.2. The van der Waals surface area contributed by atoms with Crippen molar-refractivity contribution in [3.05, 3.63) is 64.7 Å². The minimum atomic E-state index is -3.76. The van der Waals surface area contributed by atoms with Crippen molar-refractivity contribution in [2.45, 2.75) is 73.0 Å². The molecule has 0 saturated carbocycles. The van der Waals surface area contributed by atoms with Gasteiger partial charge in [-0.05, 0) is 76.3 Å². The summed E-state index contributed by atoms with van der Waals surface area (Å²) in [6, 6.07) is 12.4. The number of nitrogens with zero attached hydrogens (tertiary/aromatic N) is 2. The summed E-state index contributed by atoms with van der Waals surface area (Å²) in [4.78, 5) is 28.5. The third kappa shape index (κ3) is 7.82. The van der Waals surface area contributed by atoms with Gasteiger partial charge < -0.3 is 10.2 Å². The Balaban J connectivity index is 2.52. The number of anilines is 1. The lowest BCUT2D eigenvalue weighted by Crippen LogP contribution is -2.55. The molecule has 8 heteroatoms. The number of hydrogen-bond acceptors (Lipinski definition) is 4. The number of hydrogen-bond donors (Lipinski definition) is 1. The highest BCUT2D eigenvalue weighted by Gasteiger charge is 2.33. The third-order valence-electron chi connectivity index (χ3n) is 5.80. The SMILES string of the molecule is CCC(C(=O)NC(C)(C)C)N(Cc1ccccc1C)C(=O)CN(c1cc(C)ccc1C)S(C)(=O)=O. The number of rotatable bonds is 9. The van der Waals surface area contributed by atoms with Crippen molar-refractivity contribution in [2.24, 2.45) is 0 Å². The Labute approximate surface area is 210 Å². The van der Waals surface area contributed by atoms with Crippen molar-refractivity contribution in [3.63, 3.8) is 0 Å². The van der Waals surface area contributed by atoms with Gasteiger partial charge in [-0.25, -0.2) is 8.42 Å². The molecule has 0 aliphatic carbocycles. The molecule has 2 aromatic rings. The van der Waals surface area contributed by atoms with Crippen LogP contribution in [0.25, 0.3) is 0 Å². The van der Waals surface area contributed by atoms with Crippen LogP contribution in [-0.2, 0) is 26.2 Å². The first-order chi connectivity index (χ1) is 16.1. The summed E-state index contributed by atoms with van der Waals surface area (Å²) < 4.78 is 26.7. The Hall–Kier alpha value is -2.87. The maximum absolute atomic E-state index is 13.8. The highest BCUT2D eigenvalue weighted by molar-refractivity contribution is 7.92. The lowest BCUT2D eigenvalue weighted by Gasteiger charge is -2.35. The first kappa shape index (κ1) is 28.4. The van der Waals surface area contributed by atoms with Gasteiger partial charge in [-0.3, -0.25) is 13.9 Å². The van der Waals surface area contributed by atoms with Crippen LogP contribution in [0.15, 0.2) is 42.5 Å². The van der Waals surface area contributed by atoms with E-state index in [9.17, 15) is 18.0 Å². The van der Waals surface area contributed by atoms with Gasteiger partial charge in [0.2, 0.25) is 21.8 Å². The molecule has 1 N–H and O–H groups in total. The number of nitrogens with one attached hydrogen (secondary N) is 1. The number of amides is 2. The number of benzene rings is 2. The van der Waals surface area contributed by atoms with Crippen molar-refractivity contribution in [1.29, 1.82) is 0 Å². The van der Waals surface area contributed by atoms with E-state index in [0.717, 1.165) is 32.8 Å². The molecule has 1 atom stereocenters. The standard InChI is InChI=1S/C27H39N3O4S/c1-9-23(26(32)28-27(5,6)7)29(17-22-13-11-10-12-20(22)3)25(31)18-30(35(8,33)34)24-16-19(2)14-15-21(24)4/h10-16,23H,9,17-18H2,1-8H3,(H,28,32). The van der Waals surface area contributed by atoms with Gasteiger partial charge in [-0.15, -0.1) is 0 Å². The van der Waals surface area contributed by atoms with Gasteiger partial charge >= 0.3 is 0 Å². The molecule has 0 aliphatic heterocycles. The Kier molecular flexibility index (Phi) is 9.11. The Morgan fingerprint density at radius 3 is 2.17 bits per heavy atom. The van der Waals surface area contributed by atoms with Gasteiger partial charge in [0.15, 0.2) is 0 Å². The van der Waals surface area contributed by atoms with Crippen LogP contribution in [0.3, 0.4) is 0 Å². The number of sulfonamides is 1. The van der Waals surface area contributed by atoms with Crippen LogP contribution < -0.4 is 9.62 Å². The van der Waals surface area contributed by atoms with Crippen LogP contribution in [0.4, 0.5) is 5.69 Å². The summed E-state index contributed by atoms with van der Waals surface area (Å²) in [5.74, 6) is -0.699. The van der Waals surface area contributed by atoms with E-state index in [1.165, 1.54) is 4.90 Å². The van der Waals surface area contributed by atoms with E-state index in [2.05, 4.69) is 5.32 Å². The molecule has 0 heterocycles. The van der Waals surface area contributed by atoms with Crippen molar-refractivity contribution >= 4 is 27.5 Å². The quantitative estimate of drug-likeness (QED) is 0.560. The Morgan fingerprint density at radius 2 is 1.63 bits per heavy atom. The Morgan fingerprint density at radius 1 is 1.00 bits per heavy atom. The summed E-state index contributed by atoms with van der Waals surface area (Å²) in [7, 11) is -3.76. The van der Waals surface area contributed by atoms with Gasteiger partial charge in [-0.1, -0.05) is 43.3 Å². The van der Waals surface area contributed by atoms with Crippen LogP contribution in [-0.4, -0.2) is 49.5 Å². The summed E-state index contributed by atoms with van der Waals surface area (Å²) in [6.45, 7) is 13.0. The molecule has 0 bridgehead atoms. The lowest BCUT2D eigenvalue weighted by molar-refractivity contribution is -0.141. The first-order valence-electron chi connectivity index (χ1n) is 11.8. The molecule has 0 aliphatic rings. The molecule has 0 aromatic heterocycles. The fourth-order valence-electron chi connectivity index (χ4n) is 3.93. The topological polar surface area (TPSA) is 86.8 Å². The van der Waals surface area contributed by atoms with Gasteiger partial charge in [0.05, 0.1) is 11.9 Å². The fraction of sp³-hybridized carbons (Fsp3) is 0.481. The van der Waals surface area contributed by atoms with Gasteiger partial charge in [0.1, 0.15) is 12.6 Å². The summed E-state index contributed by atoms with van der Waals surface area (Å²) >= 11 is 0. The van der Waals surface area contributed by atoms with E-state index in [-0.39, 0.29) is 12.5 Å². The third-order valence-corrected chi connectivity index (χ3v) is 6.93. The van der Waals surface area contributed by atoms with Crippen molar-refractivity contribution < 1.29 is 18.0 Å². The molecular weight excluding hydrogens is 462 g/mol. The average Bonchev–Trinajstić information content (AvgIpc) is 2.73. The highest BCUT2D eigenvalue weighted by Crippen LogP contribution is 2.25. The molecule has 35 heavy (non-hydrogen) atoms. The van der Waals surface area contributed by atoms with Crippen LogP contribution in [0.1, 0.15) is 56.4 Å². The number of carbonyl (C=O) groups is 2. The molecule has 7 nitrogen and oxygen atoms in total. The van der Waals surface area contributed by atoms with Crippen molar-refractivity contribution in [1.82, 2.24) is 10.2 Å². The predicted octanol–water partition coefficient (Wildman–Crippen LogP) is 4.10. The van der Waals surface area contributed by atoms with E-state index in [4.69, 9.17) is 0 Å². The molecule has 0 spiro atoms. The first-order valence-corrected chi connectivity index (χ1v) is 13.7. The second-order valence-corrected chi connectivity index (χ2v) is 12.1.